The van der Waals surface area contributed by atoms with E-state index in [1.54, 1.807) is 0 Å². The van der Waals surface area contributed by atoms with Crippen molar-refractivity contribution in [1.29, 1.82) is 0 Å². The first-order valence-corrected chi connectivity index (χ1v) is 7.57. The first-order chi connectivity index (χ1) is 9.27. The molecule has 1 N–H and O–H groups in total. The molecule has 2 aliphatic rings. The summed E-state index contributed by atoms with van der Waals surface area (Å²) in [4.78, 5) is 4.21. The predicted molar refractivity (Wildman–Crippen MR) is 76.0 cm³/mol. The van der Waals surface area contributed by atoms with Crippen LogP contribution in [0.4, 0.5) is 0 Å². The Morgan fingerprint density at radius 1 is 1.42 bits per heavy atom. The highest BCUT2D eigenvalue weighted by Gasteiger charge is 2.40. The van der Waals surface area contributed by atoms with Gasteiger partial charge in [-0.15, -0.1) is 0 Å². The molecule has 1 aromatic heterocycles. The van der Waals surface area contributed by atoms with Gasteiger partial charge in [-0.1, -0.05) is 18.9 Å². The van der Waals surface area contributed by atoms with Crippen LogP contribution in [0.5, 0.6) is 0 Å². The standard InChI is InChI=1S/C16H24N2O/c1-13(14-5-4-9-17-12-14)18-15-6-10-19-16(11-15)7-2-3-8-16/h4-5,9,12-13,15,18H,2-3,6-8,10-11H2,1H3/t13-,15?/m0/s1. The third kappa shape index (κ3) is 2.98. The first-order valence-electron chi connectivity index (χ1n) is 7.57. The Morgan fingerprint density at radius 3 is 3.00 bits per heavy atom. The summed E-state index contributed by atoms with van der Waals surface area (Å²) in [6.45, 7) is 3.14. The van der Waals surface area contributed by atoms with E-state index in [1.807, 2.05) is 18.5 Å². The fourth-order valence-corrected chi connectivity index (χ4v) is 3.62. The molecule has 2 fully saturated rings. The van der Waals surface area contributed by atoms with Crippen LogP contribution in [-0.2, 0) is 4.74 Å². The second-order valence-corrected chi connectivity index (χ2v) is 6.10. The molecule has 1 saturated heterocycles. The summed E-state index contributed by atoms with van der Waals surface area (Å²) in [7, 11) is 0. The summed E-state index contributed by atoms with van der Waals surface area (Å²) >= 11 is 0. The van der Waals surface area contributed by atoms with Gasteiger partial charge >= 0.3 is 0 Å². The van der Waals surface area contributed by atoms with Gasteiger partial charge in [0.2, 0.25) is 0 Å². The van der Waals surface area contributed by atoms with Crippen LogP contribution in [0.3, 0.4) is 0 Å². The van der Waals surface area contributed by atoms with E-state index in [-0.39, 0.29) is 5.60 Å². The Balaban J connectivity index is 1.60. The lowest BCUT2D eigenvalue weighted by Gasteiger charge is -2.39. The van der Waals surface area contributed by atoms with Crippen LogP contribution in [-0.4, -0.2) is 23.2 Å². The summed E-state index contributed by atoms with van der Waals surface area (Å²) in [5, 5.41) is 3.77. The van der Waals surface area contributed by atoms with Crippen LogP contribution in [0.2, 0.25) is 0 Å². The van der Waals surface area contributed by atoms with Gasteiger partial charge in [0.15, 0.2) is 0 Å². The number of ether oxygens (including phenoxy) is 1. The van der Waals surface area contributed by atoms with Gasteiger partial charge in [-0.05, 0) is 44.2 Å². The van der Waals surface area contributed by atoms with Gasteiger partial charge < -0.3 is 10.1 Å². The van der Waals surface area contributed by atoms with Crippen molar-refractivity contribution in [2.45, 2.75) is 63.1 Å². The Labute approximate surface area is 115 Å². The van der Waals surface area contributed by atoms with Gasteiger partial charge in [-0.3, -0.25) is 4.98 Å². The monoisotopic (exact) mass is 260 g/mol. The molecule has 0 aromatic carbocycles. The van der Waals surface area contributed by atoms with E-state index in [0.717, 1.165) is 13.0 Å². The highest BCUT2D eigenvalue weighted by molar-refractivity contribution is 5.13. The summed E-state index contributed by atoms with van der Waals surface area (Å²) in [5.41, 5.74) is 1.47. The maximum Gasteiger partial charge on any atom is 0.0697 e. The van der Waals surface area contributed by atoms with E-state index in [4.69, 9.17) is 4.74 Å². The van der Waals surface area contributed by atoms with Crippen LogP contribution >= 0.6 is 0 Å². The lowest BCUT2D eigenvalue weighted by Crippen LogP contribution is -2.46. The van der Waals surface area contributed by atoms with Crippen LogP contribution < -0.4 is 5.32 Å². The van der Waals surface area contributed by atoms with E-state index >= 15 is 0 Å². The minimum absolute atomic E-state index is 0.199. The molecule has 0 radical (unpaired) electrons. The zero-order chi connectivity index (χ0) is 13.1. The van der Waals surface area contributed by atoms with Crippen LogP contribution in [0.1, 0.15) is 57.1 Å². The van der Waals surface area contributed by atoms with Gasteiger partial charge in [0.05, 0.1) is 5.60 Å². The van der Waals surface area contributed by atoms with Gasteiger partial charge in [0.1, 0.15) is 0 Å². The molecule has 0 bridgehead atoms. The quantitative estimate of drug-likeness (QED) is 0.906. The van der Waals surface area contributed by atoms with Gasteiger partial charge in [0.25, 0.3) is 0 Å². The molecule has 1 aromatic rings. The van der Waals surface area contributed by atoms with E-state index in [1.165, 1.54) is 37.7 Å². The Morgan fingerprint density at radius 2 is 2.26 bits per heavy atom. The second-order valence-electron chi connectivity index (χ2n) is 6.10. The number of pyridine rings is 1. The molecule has 1 unspecified atom stereocenters. The largest absolute Gasteiger partial charge is 0.375 e. The third-order valence-corrected chi connectivity index (χ3v) is 4.68. The smallest absolute Gasteiger partial charge is 0.0697 e. The highest BCUT2D eigenvalue weighted by Crippen LogP contribution is 2.40. The van der Waals surface area contributed by atoms with Crippen molar-refractivity contribution in [1.82, 2.24) is 10.3 Å². The van der Waals surface area contributed by atoms with E-state index in [2.05, 4.69) is 23.3 Å². The van der Waals surface area contributed by atoms with Gasteiger partial charge in [0, 0.05) is 31.1 Å². The fraction of sp³-hybridized carbons (Fsp3) is 0.688. The molecule has 0 amide bonds. The summed E-state index contributed by atoms with van der Waals surface area (Å²) in [6, 6.07) is 5.11. The van der Waals surface area contributed by atoms with Crippen molar-refractivity contribution in [2.24, 2.45) is 0 Å². The van der Waals surface area contributed by atoms with Crippen molar-refractivity contribution in [2.75, 3.05) is 6.61 Å². The first kappa shape index (κ1) is 13.1. The van der Waals surface area contributed by atoms with E-state index in [9.17, 15) is 0 Å². The van der Waals surface area contributed by atoms with Gasteiger partial charge in [-0.2, -0.15) is 0 Å². The molecule has 3 heteroatoms. The molecule has 1 aliphatic carbocycles. The Bertz CT molecular complexity index is 400. The minimum atomic E-state index is 0.199. The number of hydrogen-bond donors (Lipinski definition) is 1. The van der Waals surface area contributed by atoms with Crippen molar-refractivity contribution >= 4 is 0 Å². The zero-order valence-electron chi connectivity index (χ0n) is 11.8. The van der Waals surface area contributed by atoms with Crippen molar-refractivity contribution in [3.63, 3.8) is 0 Å². The Hall–Kier alpha value is -0.930. The molecule has 1 spiro atoms. The number of rotatable bonds is 3. The van der Waals surface area contributed by atoms with Crippen molar-refractivity contribution in [3.8, 4) is 0 Å². The SMILES string of the molecule is C[C@H](NC1CCOC2(CCCC2)C1)c1cccnc1. The number of nitrogens with one attached hydrogen (secondary N) is 1. The summed E-state index contributed by atoms with van der Waals surface area (Å²) < 4.78 is 6.09. The molecule has 2 atom stereocenters. The maximum absolute atomic E-state index is 6.09. The molecule has 3 nitrogen and oxygen atoms in total. The number of aromatic nitrogens is 1. The van der Waals surface area contributed by atoms with Crippen molar-refractivity contribution < 1.29 is 4.74 Å². The Kier molecular flexibility index (Phi) is 3.85. The lowest BCUT2D eigenvalue weighted by atomic mass is 9.88. The topological polar surface area (TPSA) is 34.1 Å². The molecule has 104 valence electrons. The molecular weight excluding hydrogens is 236 g/mol. The van der Waals surface area contributed by atoms with Crippen molar-refractivity contribution in [3.05, 3.63) is 30.1 Å². The third-order valence-electron chi connectivity index (χ3n) is 4.68. The average molecular weight is 260 g/mol. The van der Waals surface area contributed by atoms with E-state index in [0.29, 0.717) is 12.1 Å². The molecular formula is C16H24N2O. The number of nitrogens with zero attached hydrogens (tertiary/aromatic N) is 1. The maximum atomic E-state index is 6.09. The normalized spacial score (nSPS) is 27.5. The minimum Gasteiger partial charge on any atom is -0.375 e. The lowest BCUT2D eigenvalue weighted by molar-refractivity contribution is -0.0846. The van der Waals surface area contributed by atoms with Gasteiger partial charge in [-0.25, -0.2) is 0 Å². The average Bonchev–Trinajstić information content (AvgIpc) is 2.88. The number of hydrogen-bond acceptors (Lipinski definition) is 3. The molecule has 1 saturated carbocycles. The molecule has 3 rings (SSSR count). The molecule has 19 heavy (non-hydrogen) atoms. The molecule has 2 heterocycles. The zero-order valence-corrected chi connectivity index (χ0v) is 11.8. The second kappa shape index (κ2) is 5.59. The van der Waals surface area contributed by atoms with Crippen LogP contribution in [0, 0.1) is 0 Å². The van der Waals surface area contributed by atoms with E-state index < -0.39 is 0 Å². The van der Waals surface area contributed by atoms with Crippen LogP contribution in [0.15, 0.2) is 24.5 Å². The predicted octanol–water partition coefficient (Wildman–Crippen LogP) is 3.22. The molecule has 1 aliphatic heterocycles. The highest BCUT2D eigenvalue weighted by atomic mass is 16.5. The summed E-state index contributed by atoms with van der Waals surface area (Å²) in [5.74, 6) is 0. The summed E-state index contributed by atoms with van der Waals surface area (Å²) in [6.07, 6.45) is 11.3. The fourth-order valence-electron chi connectivity index (χ4n) is 3.62. The van der Waals surface area contributed by atoms with Crippen LogP contribution in [0.25, 0.3) is 0 Å².